The maximum atomic E-state index is 11.9. The molecule has 2 heterocycles. The molecule has 1 aliphatic rings. The van der Waals surface area contributed by atoms with E-state index in [1.54, 1.807) is 18.5 Å². The van der Waals surface area contributed by atoms with E-state index in [1.807, 2.05) is 18.2 Å². The fraction of sp³-hybridized carbons (Fsp3) is 0.389. The number of nitrogens with zero attached hydrogens (tertiary/aromatic N) is 2. The number of ether oxygens (including phenoxy) is 2. The minimum absolute atomic E-state index is 0.0166. The summed E-state index contributed by atoms with van der Waals surface area (Å²) in [6.45, 7) is 2.45. The van der Waals surface area contributed by atoms with Crippen LogP contribution in [0.5, 0.6) is 11.5 Å². The predicted molar refractivity (Wildman–Crippen MR) is 93.9 cm³/mol. The lowest BCUT2D eigenvalue weighted by molar-refractivity contribution is -0.120. The molecule has 1 aromatic carbocycles. The van der Waals surface area contributed by atoms with Crippen LogP contribution in [0, 0.1) is 0 Å². The van der Waals surface area contributed by atoms with Crippen LogP contribution >= 0.6 is 0 Å². The van der Waals surface area contributed by atoms with Crippen molar-refractivity contribution in [3.63, 3.8) is 0 Å². The van der Waals surface area contributed by atoms with Gasteiger partial charge in [0.05, 0.1) is 13.2 Å². The molecule has 1 aliphatic heterocycles. The second-order valence-corrected chi connectivity index (χ2v) is 5.68. The first-order valence-electron chi connectivity index (χ1n) is 8.47. The van der Waals surface area contributed by atoms with Gasteiger partial charge in [-0.1, -0.05) is 6.07 Å². The Bertz CT molecular complexity index is 694. The molecule has 2 N–H and O–H groups in total. The van der Waals surface area contributed by atoms with Crippen molar-refractivity contribution >= 4 is 11.9 Å². The van der Waals surface area contributed by atoms with E-state index in [-0.39, 0.29) is 5.91 Å². The number of rotatable bonds is 7. The number of nitrogens with one attached hydrogen (secondary N) is 2. The normalized spacial score (nSPS) is 13.0. The minimum atomic E-state index is 0.0166. The molecule has 0 fully saturated rings. The van der Waals surface area contributed by atoms with Gasteiger partial charge in [-0.3, -0.25) is 4.79 Å². The Labute approximate surface area is 146 Å². The van der Waals surface area contributed by atoms with Gasteiger partial charge in [0.2, 0.25) is 11.9 Å². The smallest absolute Gasteiger partial charge is 0.222 e. The van der Waals surface area contributed by atoms with Gasteiger partial charge in [0.15, 0.2) is 11.5 Å². The van der Waals surface area contributed by atoms with Gasteiger partial charge in [0, 0.05) is 38.3 Å². The van der Waals surface area contributed by atoms with E-state index in [9.17, 15) is 4.79 Å². The van der Waals surface area contributed by atoms with Crippen LogP contribution in [-0.4, -0.2) is 42.2 Å². The summed E-state index contributed by atoms with van der Waals surface area (Å²) < 4.78 is 11.3. The fourth-order valence-electron chi connectivity index (χ4n) is 2.48. The summed E-state index contributed by atoms with van der Waals surface area (Å²) in [5.41, 5.74) is 1.07. The van der Waals surface area contributed by atoms with Crippen molar-refractivity contribution in [3.05, 3.63) is 42.2 Å². The third kappa shape index (κ3) is 5.34. The topological polar surface area (TPSA) is 85.4 Å². The van der Waals surface area contributed by atoms with Crippen LogP contribution in [0.2, 0.25) is 0 Å². The number of aryl methyl sites for hydroxylation is 1. The maximum Gasteiger partial charge on any atom is 0.222 e. The second kappa shape index (κ2) is 8.86. The summed E-state index contributed by atoms with van der Waals surface area (Å²) in [6, 6.07) is 7.61. The van der Waals surface area contributed by atoms with Gasteiger partial charge < -0.3 is 20.1 Å². The van der Waals surface area contributed by atoms with Gasteiger partial charge >= 0.3 is 0 Å². The number of carbonyl (C=O) groups excluding carboxylic acids is 1. The SMILES string of the molecule is O=C(CCc1ccc2c(c1)OCCCO2)NCCNc1ncccn1. The van der Waals surface area contributed by atoms with Crippen molar-refractivity contribution in [2.45, 2.75) is 19.3 Å². The molecule has 1 aromatic heterocycles. The van der Waals surface area contributed by atoms with Crippen LogP contribution < -0.4 is 20.1 Å². The van der Waals surface area contributed by atoms with Crippen molar-refractivity contribution in [1.82, 2.24) is 15.3 Å². The molecule has 2 aromatic rings. The minimum Gasteiger partial charge on any atom is -0.490 e. The van der Waals surface area contributed by atoms with Crippen molar-refractivity contribution in [2.75, 3.05) is 31.6 Å². The molecule has 0 radical (unpaired) electrons. The zero-order valence-corrected chi connectivity index (χ0v) is 14.0. The van der Waals surface area contributed by atoms with Crippen LogP contribution in [0.15, 0.2) is 36.7 Å². The van der Waals surface area contributed by atoms with Crippen molar-refractivity contribution in [3.8, 4) is 11.5 Å². The quantitative estimate of drug-likeness (QED) is 0.746. The highest BCUT2D eigenvalue weighted by molar-refractivity contribution is 5.76. The number of benzene rings is 1. The molecule has 0 bridgehead atoms. The Morgan fingerprint density at radius 3 is 2.72 bits per heavy atom. The monoisotopic (exact) mass is 342 g/mol. The van der Waals surface area contributed by atoms with Crippen LogP contribution in [-0.2, 0) is 11.2 Å². The molecule has 7 nitrogen and oxygen atoms in total. The Balaban J connectivity index is 1.38. The van der Waals surface area contributed by atoms with E-state index in [0.29, 0.717) is 45.1 Å². The number of hydrogen-bond donors (Lipinski definition) is 2. The van der Waals surface area contributed by atoms with Gasteiger partial charge in [-0.05, 0) is 30.2 Å². The second-order valence-electron chi connectivity index (χ2n) is 5.68. The van der Waals surface area contributed by atoms with E-state index in [1.165, 1.54) is 0 Å². The lowest BCUT2D eigenvalue weighted by Crippen LogP contribution is -2.29. The van der Waals surface area contributed by atoms with E-state index in [0.717, 1.165) is 23.5 Å². The lowest BCUT2D eigenvalue weighted by Gasteiger charge is -2.10. The summed E-state index contributed by atoms with van der Waals surface area (Å²) in [5, 5.41) is 5.93. The molecule has 7 heteroatoms. The fourth-order valence-corrected chi connectivity index (χ4v) is 2.48. The zero-order chi connectivity index (χ0) is 17.3. The number of amides is 1. The highest BCUT2D eigenvalue weighted by Crippen LogP contribution is 2.30. The number of anilines is 1. The van der Waals surface area contributed by atoms with Gasteiger partial charge in [-0.25, -0.2) is 9.97 Å². The van der Waals surface area contributed by atoms with Gasteiger partial charge in [0.1, 0.15) is 0 Å². The first kappa shape index (κ1) is 17.0. The van der Waals surface area contributed by atoms with Gasteiger partial charge in [-0.2, -0.15) is 0 Å². The summed E-state index contributed by atoms with van der Waals surface area (Å²) in [6.07, 6.45) is 5.32. The molecule has 0 saturated heterocycles. The lowest BCUT2D eigenvalue weighted by atomic mass is 10.1. The van der Waals surface area contributed by atoms with Crippen molar-refractivity contribution < 1.29 is 14.3 Å². The molecule has 0 atom stereocenters. The van der Waals surface area contributed by atoms with Crippen LogP contribution in [0.4, 0.5) is 5.95 Å². The average molecular weight is 342 g/mol. The molecule has 25 heavy (non-hydrogen) atoms. The summed E-state index contributed by atoms with van der Waals surface area (Å²) >= 11 is 0. The molecule has 1 amide bonds. The van der Waals surface area contributed by atoms with Crippen LogP contribution in [0.3, 0.4) is 0 Å². The van der Waals surface area contributed by atoms with Crippen LogP contribution in [0.1, 0.15) is 18.4 Å². The Kier molecular flexibility index (Phi) is 6.03. The Hall–Kier alpha value is -2.83. The number of aromatic nitrogens is 2. The average Bonchev–Trinajstić information content (AvgIpc) is 2.89. The van der Waals surface area contributed by atoms with E-state index >= 15 is 0 Å². The number of carbonyl (C=O) groups is 1. The Morgan fingerprint density at radius 2 is 1.88 bits per heavy atom. The largest absolute Gasteiger partial charge is 0.490 e. The standard InChI is InChI=1S/C18H22N4O3/c23-17(19-9-10-22-18-20-7-1-8-21-18)6-4-14-3-5-15-16(13-14)25-12-2-11-24-15/h1,3,5,7-8,13H,2,4,6,9-12H2,(H,19,23)(H,20,21,22). The third-order valence-corrected chi connectivity index (χ3v) is 3.75. The Morgan fingerprint density at radius 1 is 1.08 bits per heavy atom. The van der Waals surface area contributed by atoms with Crippen molar-refractivity contribution in [2.24, 2.45) is 0 Å². The summed E-state index contributed by atoms with van der Waals surface area (Å²) in [7, 11) is 0. The zero-order valence-electron chi connectivity index (χ0n) is 14.0. The maximum absolute atomic E-state index is 11.9. The van der Waals surface area contributed by atoms with Gasteiger partial charge in [-0.15, -0.1) is 0 Å². The first-order valence-corrected chi connectivity index (χ1v) is 8.47. The van der Waals surface area contributed by atoms with Gasteiger partial charge in [0.25, 0.3) is 0 Å². The van der Waals surface area contributed by atoms with E-state index < -0.39 is 0 Å². The molecule has 0 aliphatic carbocycles. The summed E-state index contributed by atoms with van der Waals surface area (Å²) in [5.74, 6) is 2.12. The highest BCUT2D eigenvalue weighted by atomic mass is 16.5. The highest BCUT2D eigenvalue weighted by Gasteiger charge is 2.11. The molecular formula is C18H22N4O3. The number of hydrogen-bond acceptors (Lipinski definition) is 6. The van der Waals surface area contributed by atoms with Crippen molar-refractivity contribution in [1.29, 1.82) is 0 Å². The molecular weight excluding hydrogens is 320 g/mol. The third-order valence-electron chi connectivity index (χ3n) is 3.75. The summed E-state index contributed by atoms with van der Waals surface area (Å²) in [4.78, 5) is 20.1. The predicted octanol–water partition coefficient (Wildman–Crippen LogP) is 1.80. The molecule has 0 saturated carbocycles. The number of fused-ring (bicyclic) bond motifs is 1. The molecule has 3 rings (SSSR count). The molecule has 0 unspecified atom stereocenters. The van der Waals surface area contributed by atoms with E-state index in [2.05, 4.69) is 20.6 Å². The molecule has 0 spiro atoms. The first-order chi connectivity index (χ1) is 12.3. The molecule has 132 valence electrons. The van der Waals surface area contributed by atoms with Crippen LogP contribution in [0.25, 0.3) is 0 Å². The van der Waals surface area contributed by atoms with E-state index in [4.69, 9.17) is 9.47 Å².